The molecule has 0 aromatic heterocycles. The Morgan fingerprint density at radius 3 is 1.23 bits per heavy atom. The van der Waals surface area contributed by atoms with Crippen LogP contribution in [0.4, 0.5) is 0 Å². The summed E-state index contributed by atoms with van der Waals surface area (Å²) in [5, 5.41) is 10.8. The lowest BCUT2D eigenvalue weighted by molar-refractivity contribution is 0.130. The summed E-state index contributed by atoms with van der Waals surface area (Å²) in [5.74, 6) is 0. The normalized spacial score (nSPS) is 11.7. The fourth-order valence-electron chi connectivity index (χ4n) is 5.51. The smallest absolute Gasteiger partial charge is 0.0469 e. The average Bonchev–Trinajstić information content (AvgIpc) is 2.92. The summed E-state index contributed by atoms with van der Waals surface area (Å²) in [6.07, 6.45) is 4.17. The fraction of sp³-hybridized carbons (Fsp3) is 0.176. The predicted octanol–water partition coefficient (Wildman–Crippen LogP) is 8.88. The van der Waals surface area contributed by atoms with Crippen molar-refractivity contribution in [3.63, 3.8) is 0 Å². The van der Waals surface area contributed by atoms with Crippen molar-refractivity contribution in [1.82, 2.24) is 0 Å². The highest BCUT2D eigenvalue weighted by atomic mass is 16.5. The SMILES string of the molecule is c1ccc2c(c1)cc(CCCOCCCc1cc3ccccc3c3ccccc13)c1ccccc12. The summed E-state index contributed by atoms with van der Waals surface area (Å²) >= 11 is 0. The van der Waals surface area contributed by atoms with E-state index < -0.39 is 0 Å². The van der Waals surface area contributed by atoms with Gasteiger partial charge in [-0.3, -0.25) is 0 Å². The molecule has 0 atom stereocenters. The van der Waals surface area contributed by atoms with Gasteiger partial charge < -0.3 is 4.74 Å². The molecule has 0 N–H and O–H groups in total. The highest BCUT2D eigenvalue weighted by molar-refractivity contribution is 6.09. The Hall–Kier alpha value is -3.68. The molecule has 172 valence electrons. The van der Waals surface area contributed by atoms with Crippen LogP contribution < -0.4 is 0 Å². The lowest BCUT2D eigenvalue weighted by atomic mass is 9.95. The van der Waals surface area contributed by atoms with Crippen LogP contribution in [-0.2, 0) is 17.6 Å². The zero-order valence-corrected chi connectivity index (χ0v) is 20.0. The molecule has 0 aliphatic heterocycles. The van der Waals surface area contributed by atoms with E-state index in [-0.39, 0.29) is 0 Å². The largest absolute Gasteiger partial charge is 0.381 e. The van der Waals surface area contributed by atoms with Crippen LogP contribution in [0.1, 0.15) is 24.0 Å². The molecule has 0 amide bonds. The van der Waals surface area contributed by atoms with E-state index >= 15 is 0 Å². The van der Waals surface area contributed by atoms with Crippen LogP contribution in [0.15, 0.2) is 109 Å². The highest BCUT2D eigenvalue weighted by Crippen LogP contribution is 2.30. The van der Waals surface area contributed by atoms with Crippen LogP contribution in [0.2, 0.25) is 0 Å². The van der Waals surface area contributed by atoms with Gasteiger partial charge >= 0.3 is 0 Å². The Labute approximate surface area is 207 Å². The maximum atomic E-state index is 6.08. The molecular weight excluding hydrogens is 424 g/mol. The van der Waals surface area contributed by atoms with Gasteiger partial charge in [-0.1, -0.05) is 109 Å². The third-order valence-electron chi connectivity index (χ3n) is 7.18. The van der Waals surface area contributed by atoms with Crippen LogP contribution in [0.5, 0.6) is 0 Å². The first-order chi connectivity index (χ1) is 17.4. The molecule has 6 aromatic carbocycles. The van der Waals surface area contributed by atoms with E-state index in [1.54, 1.807) is 0 Å². The number of ether oxygens (including phenoxy) is 1. The third-order valence-corrected chi connectivity index (χ3v) is 7.18. The molecule has 0 bridgehead atoms. The molecule has 0 saturated heterocycles. The van der Waals surface area contributed by atoms with Crippen LogP contribution in [0, 0.1) is 0 Å². The van der Waals surface area contributed by atoms with Crippen molar-refractivity contribution in [1.29, 1.82) is 0 Å². The van der Waals surface area contributed by atoms with Crippen molar-refractivity contribution in [3.05, 3.63) is 120 Å². The number of fused-ring (bicyclic) bond motifs is 6. The Kier molecular flexibility index (Phi) is 6.17. The molecule has 0 unspecified atom stereocenters. The molecule has 1 heteroatoms. The molecular formula is C34H30O. The van der Waals surface area contributed by atoms with Crippen LogP contribution in [0.3, 0.4) is 0 Å². The van der Waals surface area contributed by atoms with Gasteiger partial charge in [-0.05, 0) is 79.9 Å². The minimum Gasteiger partial charge on any atom is -0.381 e. The maximum absolute atomic E-state index is 6.08. The van der Waals surface area contributed by atoms with Gasteiger partial charge in [0.05, 0.1) is 0 Å². The molecule has 0 fully saturated rings. The summed E-state index contributed by atoms with van der Waals surface area (Å²) in [5.41, 5.74) is 2.84. The topological polar surface area (TPSA) is 9.23 Å². The Bertz CT molecular complexity index is 1510. The van der Waals surface area contributed by atoms with Gasteiger partial charge in [-0.25, -0.2) is 0 Å². The summed E-state index contributed by atoms with van der Waals surface area (Å²) in [7, 11) is 0. The van der Waals surface area contributed by atoms with E-state index in [9.17, 15) is 0 Å². The number of hydrogen-bond donors (Lipinski definition) is 0. The molecule has 0 radical (unpaired) electrons. The number of benzene rings is 6. The van der Waals surface area contributed by atoms with Crippen molar-refractivity contribution in [3.8, 4) is 0 Å². The van der Waals surface area contributed by atoms with Gasteiger partial charge in [0.25, 0.3) is 0 Å². The summed E-state index contributed by atoms with van der Waals surface area (Å²) < 4.78 is 6.08. The molecule has 6 aromatic rings. The molecule has 1 nitrogen and oxygen atoms in total. The van der Waals surface area contributed by atoms with Crippen molar-refractivity contribution in [2.45, 2.75) is 25.7 Å². The lowest BCUT2D eigenvalue weighted by Crippen LogP contribution is -2.01. The van der Waals surface area contributed by atoms with Crippen LogP contribution in [0.25, 0.3) is 43.1 Å². The van der Waals surface area contributed by atoms with E-state index in [0.717, 1.165) is 38.9 Å². The first kappa shape index (κ1) is 21.8. The predicted molar refractivity (Wildman–Crippen MR) is 150 cm³/mol. The Balaban J connectivity index is 1.07. The van der Waals surface area contributed by atoms with Crippen molar-refractivity contribution < 1.29 is 4.74 Å². The third kappa shape index (κ3) is 4.40. The summed E-state index contributed by atoms with van der Waals surface area (Å²) in [6, 6.07) is 39.7. The van der Waals surface area contributed by atoms with E-state index in [2.05, 4.69) is 109 Å². The summed E-state index contributed by atoms with van der Waals surface area (Å²) in [4.78, 5) is 0. The Morgan fingerprint density at radius 1 is 0.400 bits per heavy atom. The van der Waals surface area contributed by atoms with Crippen LogP contribution >= 0.6 is 0 Å². The lowest BCUT2D eigenvalue weighted by Gasteiger charge is -2.12. The van der Waals surface area contributed by atoms with Gasteiger partial charge in [-0.15, -0.1) is 0 Å². The van der Waals surface area contributed by atoms with Gasteiger partial charge in [0, 0.05) is 13.2 Å². The van der Waals surface area contributed by atoms with Crippen molar-refractivity contribution >= 4 is 43.1 Å². The summed E-state index contributed by atoms with van der Waals surface area (Å²) in [6.45, 7) is 1.61. The number of rotatable bonds is 8. The Morgan fingerprint density at radius 2 is 0.771 bits per heavy atom. The van der Waals surface area contributed by atoms with E-state index in [1.807, 2.05) is 0 Å². The monoisotopic (exact) mass is 454 g/mol. The number of aryl methyl sites for hydroxylation is 2. The van der Waals surface area contributed by atoms with Gasteiger partial charge in [-0.2, -0.15) is 0 Å². The first-order valence-electron chi connectivity index (χ1n) is 12.7. The average molecular weight is 455 g/mol. The van der Waals surface area contributed by atoms with Gasteiger partial charge in [0.1, 0.15) is 0 Å². The second-order valence-corrected chi connectivity index (χ2v) is 9.42. The fourth-order valence-corrected chi connectivity index (χ4v) is 5.51. The first-order valence-corrected chi connectivity index (χ1v) is 12.7. The highest BCUT2D eigenvalue weighted by Gasteiger charge is 2.08. The minimum atomic E-state index is 0.805. The van der Waals surface area contributed by atoms with Crippen LogP contribution in [-0.4, -0.2) is 13.2 Å². The second-order valence-electron chi connectivity index (χ2n) is 9.42. The molecule has 0 spiro atoms. The molecule has 0 saturated carbocycles. The maximum Gasteiger partial charge on any atom is 0.0469 e. The second kappa shape index (κ2) is 9.90. The van der Waals surface area contributed by atoms with Crippen molar-refractivity contribution in [2.24, 2.45) is 0 Å². The standard InChI is InChI=1S/C34H30O/c1-3-15-29-25(11-1)23-27(31-17-5-7-19-33(29)31)13-9-21-35-22-10-14-28-24-26-12-2-4-16-30(26)34-20-8-6-18-32(28)34/h1-8,11-12,15-20,23-24H,9-10,13-14,21-22H2. The zero-order valence-electron chi connectivity index (χ0n) is 20.0. The van der Waals surface area contributed by atoms with Gasteiger partial charge in [0.2, 0.25) is 0 Å². The van der Waals surface area contributed by atoms with E-state index in [1.165, 1.54) is 54.2 Å². The molecule has 0 heterocycles. The zero-order chi connectivity index (χ0) is 23.5. The molecule has 6 rings (SSSR count). The van der Waals surface area contributed by atoms with Crippen molar-refractivity contribution in [2.75, 3.05) is 13.2 Å². The van der Waals surface area contributed by atoms with E-state index in [0.29, 0.717) is 0 Å². The quantitative estimate of drug-likeness (QED) is 0.165. The van der Waals surface area contributed by atoms with Gasteiger partial charge in [0.15, 0.2) is 0 Å². The minimum absolute atomic E-state index is 0.805. The number of hydrogen-bond acceptors (Lipinski definition) is 1. The molecule has 35 heavy (non-hydrogen) atoms. The molecule has 0 aliphatic rings. The molecule has 0 aliphatic carbocycles. The van der Waals surface area contributed by atoms with E-state index in [4.69, 9.17) is 4.74 Å².